The number of amides is 2. The maximum absolute atomic E-state index is 15.1. The molecule has 11 heteroatoms. The third kappa shape index (κ3) is 3.96. The summed E-state index contributed by atoms with van der Waals surface area (Å²) in [6, 6.07) is 4.51. The first kappa shape index (κ1) is 24.6. The van der Waals surface area contributed by atoms with E-state index in [0.29, 0.717) is 47.5 Å². The van der Waals surface area contributed by atoms with Crippen molar-refractivity contribution in [1.82, 2.24) is 24.6 Å². The maximum atomic E-state index is 15.1. The van der Waals surface area contributed by atoms with E-state index < -0.39 is 17.6 Å². The molecule has 6 rings (SSSR count). The molecule has 2 aromatic heterocycles. The number of nitrogens with zero attached hydrogens (tertiary/aromatic N) is 5. The number of anilines is 1. The van der Waals surface area contributed by atoms with Crippen molar-refractivity contribution in [2.24, 2.45) is 0 Å². The van der Waals surface area contributed by atoms with Crippen LogP contribution in [0.2, 0.25) is 0 Å². The van der Waals surface area contributed by atoms with E-state index in [-0.39, 0.29) is 35.5 Å². The summed E-state index contributed by atoms with van der Waals surface area (Å²) in [4.78, 5) is 33.9. The molecule has 1 aliphatic carbocycles. The molecule has 1 atom stereocenters. The first-order chi connectivity index (χ1) is 18.3. The fraction of sp³-hybridized carbons (Fsp3) is 0.333. The van der Waals surface area contributed by atoms with E-state index in [4.69, 9.17) is 10.8 Å². The highest BCUT2D eigenvalue weighted by atomic mass is 79.9. The van der Waals surface area contributed by atoms with Gasteiger partial charge in [-0.15, -0.1) is 0 Å². The topological polar surface area (TPSA) is 118 Å². The van der Waals surface area contributed by atoms with Crippen LogP contribution < -0.4 is 5.73 Å². The number of halogens is 2. The predicted octanol–water partition coefficient (Wildman–Crippen LogP) is 3.64. The lowest BCUT2D eigenvalue weighted by Gasteiger charge is -2.38. The highest BCUT2D eigenvalue weighted by molar-refractivity contribution is 9.10. The molecule has 0 saturated heterocycles. The number of nitrogens with two attached hydrogens (primary N) is 1. The number of benzene rings is 1. The second-order valence-electron chi connectivity index (χ2n) is 9.93. The minimum absolute atomic E-state index is 0.153. The van der Waals surface area contributed by atoms with Gasteiger partial charge < -0.3 is 20.6 Å². The summed E-state index contributed by atoms with van der Waals surface area (Å²) < 4.78 is 17.2. The minimum Gasteiger partial charge on any atom is -0.503 e. The van der Waals surface area contributed by atoms with Gasteiger partial charge in [0.25, 0.3) is 5.91 Å². The van der Waals surface area contributed by atoms with Crippen LogP contribution in [-0.2, 0) is 17.6 Å². The van der Waals surface area contributed by atoms with Crippen molar-refractivity contribution in [2.45, 2.75) is 37.6 Å². The van der Waals surface area contributed by atoms with Gasteiger partial charge in [-0.1, -0.05) is 12.6 Å². The molecule has 38 heavy (non-hydrogen) atoms. The monoisotopic (exact) mass is 580 g/mol. The number of rotatable bonds is 4. The Labute approximate surface area is 226 Å². The fourth-order valence-corrected chi connectivity index (χ4v) is 5.94. The number of hydrogen-bond donors (Lipinski definition) is 2. The third-order valence-electron chi connectivity index (χ3n) is 7.66. The van der Waals surface area contributed by atoms with E-state index in [2.05, 4.69) is 27.5 Å². The molecule has 2 amide bonds. The van der Waals surface area contributed by atoms with Gasteiger partial charge in [-0.25, -0.2) is 14.1 Å². The van der Waals surface area contributed by atoms with E-state index in [1.54, 1.807) is 32.7 Å². The number of hydrogen-bond acceptors (Lipinski definition) is 6. The third-order valence-corrected chi connectivity index (χ3v) is 8.09. The van der Waals surface area contributed by atoms with Crippen LogP contribution in [0, 0.1) is 5.82 Å². The molecule has 1 fully saturated rings. The molecule has 0 bridgehead atoms. The molecule has 196 valence electrons. The quantitative estimate of drug-likeness (QED) is 0.359. The van der Waals surface area contributed by atoms with Crippen molar-refractivity contribution in [2.75, 3.05) is 25.4 Å². The highest BCUT2D eigenvalue weighted by Crippen LogP contribution is 2.45. The molecule has 0 unspecified atom stereocenters. The first-order valence-electron chi connectivity index (χ1n) is 12.5. The van der Waals surface area contributed by atoms with Crippen LogP contribution in [0.5, 0.6) is 5.75 Å². The summed E-state index contributed by atoms with van der Waals surface area (Å²) in [5.41, 5.74) is 9.83. The molecular formula is C27H26BrFN6O3. The molecule has 1 saturated carbocycles. The van der Waals surface area contributed by atoms with Crippen LogP contribution in [0.25, 0.3) is 5.69 Å². The number of aromatic hydroxyl groups is 1. The zero-order valence-corrected chi connectivity index (χ0v) is 22.1. The Bertz CT molecular complexity index is 1500. The van der Waals surface area contributed by atoms with Gasteiger partial charge in [0.05, 0.1) is 23.0 Å². The minimum atomic E-state index is -0.604. The summed E-state index contributed by atoms with van der Waals surface area (Å²) in [6.07, 6.45) is 5.40. The summed E-state index contributed by atoms with van der Waals surface area (Å²) in [6.45, 7) is 4.56. The first-order valence-corrected chi connectivity index (χ1v) is 13.3. The average molecular weight is 581 g/mol. The van der Waals surface area contributed by atoms with Gasteiger partial charge in [0.1, 0.15) is 10.3 Å². The van der Waals surface area contributed by atoms with Crippen molar-refractivity contribution in [1.29, 1.82) is 0 Å². The molecule has 0 radical (unpaired) electrons. The number of nitrogen functional groups attached to an aromatic ring is 1. The van der Waals surface area contributed by atoms with Crippen LogP contribution in [0.1, 0.15) is 57.7 Å². The lowest BCUT2D eigenvalue weighted by molar-refractivity contribution is -0.126. The number of pyridine rings is 1. The molecular weight excluding hydrogens is 555 g/mol. The van der Waals surface area contributed by atoms with E-state index >= 15 is 4.39 Å². The Kier molecular flexibility index (Phi) is 5.97. The molecule has 3 aliphatic rings. The van der Waals surface area contributed by atoms with Crippen molar-refractivity contribution < 1.29 is 19.1 Å². The zero-order valence-electron chi connectivity index (χ0n) is 20.5. The van der Waals surface area contributed by atoms with Gasteiger partial charge in [0, 0.05) is 49.9 Å². The largest absolute Gasteiger partial charge is 0.503 e. The van der Waals surface area contributed by atoms with Gasteiger partial charge >= 0.3 is 0 Å². The van der Waals surface area contributed by atoms with Crippen LogP contribution in [-0.4, -0.2) is 61.1 Å². The molecule has 2 aliphatic heterocycles. The second kappa shape index (κ2) is 9.23. The Hall–Kier alpha value is -3.73. The van der Waals surface area contributed by atoms with Gasteiger partial charge in [0.2, 0.25) is 5.91 Å². The van der Waals surface area contributed by atoms with E-state index in [0.717, 1.165) is 24.1 Å². The van der Waals surface area contributed by atoms with Gasteiger partial charge in [0.15, 0.2) is 11.6 Å². The Morgan fingerprint density at radius 3 is 2.74 bits per heavy atom. The maximum Gasteiger partial charge on any atom is 0.258 e. The molecule has 9 nitrogen and oxygen atoms in total. The van der Waals surface area contributed by atoms with Crippen LogP contribution >= 0.6 is 15.9 Å². The Morgan fingerprint density at radius 1 is 1.24 bits per heavy atom. The van der Waals surface area contributed by atoms with Gasteiger partial charge in [-0.2, -0.15) is 5.10 Å². The summed E-state index contributed by atoms with van der Waals surface area (Å²) in [5.74, 6) is -1.40. The Morgan fingerprint density at radius 2 is 2.03 bits per heavy atom. The summed E-state index contributed by atoms with van der Waals surface area (Å²) in [5, 5.41) is 15.6. The highest BCUT2D eigenvalue weighted by Gasteiger charge is 2.41. The van der Waals surface area contributed by atoms with Gasteiger partial charge in [-0.3, -0.25) is 9.59 Å². The van der Waals surface area contributed by atoms with Crippen molar-refractivity contribution in [3.8, 4) is 11.4 Å². The lowest BCUT2D eigenvalue weighted by Crippen LogP contribution is -2.46. The summed E-state index contributed by atoms with van der Waals surface area (Å²) >= 11 is 3.27. The van der Waals surface area contributed by atoms with Crippen LogP contribution in [0.4, 0.5) is 10.1 Å². The van der Waals surface area contributed by atoms with Crippen LogP contribution in [0.3, 0.4) is 0 Å². The van der Waals surface area contributed by atoms with Gasteiger partial charge in [-0.05, 0) is 58.5 Å². The van der Waals surface area contributed by atoms with E-state index in [1.807, 2.05) is 0 Å². The SMILES string of the molecule is C=CC(=O)N1CCc2nn(-c3ccc(C4CC4)c(F)c3O)c3c2[C@H](C1)N(C(=O)c1cnc(Br)cc1N)CC3. The lowest BCUT2D eigenvalue weighted by atomic mass is 9.94. The number of phenols is 1. The van der Waals surface area contributed by atoms with Crippen molar-refractivity contribution >= 4 is 33.4 Å². The van der Waals surface area contributed by atoms with E-state index in [9.17, 15) is 14.7 Å². The number of carbonyl (C=O) groups is 2. The normalized spacial score (nSPS) is 18.6. The Balaban J connectivity index is 1.45. The summed E-state index contributed by atoms with van der Waals surface area (Å²) in [7, 11) is 0. The number of aromatic nitrogens is 3. The molecule has 4 heterocycles. The molecule has 3 N–H and O–H groups in total. The zero-order chi connectivity index (χ0) is 26.7. The molecule has 1 aromatic carbocycles. The molecule has 3 aromatic rings. The van der Waals surface area contributed by atoms with Crippen molar-refractivity contribution in [3.63, 3.8) is 0 Å². The fourth-order valence-electron chi connectivity index (χ4n) is 5.59. The standard InChI is InChI=1S/C27H26BrFN6O3/c1-2-23(36)33-9-7-18-24-19(35(32-18)20-6-5-15(14-3-4-14)25(29)26(20)37)8-10-34(21(24)13-33)27(38)16-12-31-22(28)11-17(16)30/h2,5-6,11-12,14,21,37H,1,3-4,7-10,13H2,(H2,30,31)/t21-/m0/s1. The van der Waals surface area contributed by atoms with Crippen LogP contribution in [0.15, 0.2) is 41.7 Å². The second-order valence-corrected chi connectivity index (χ2v) is 10.7. The van der Waals surface area contributed by atoms with E-state index in [1.165, 1.54) is 12.3 Å². The number of phenolic OH excluding ortho intramolecular Hbond substituents is 1. The molecule has 0 spiro atoms. The average Bonchev–Trinajstić information content (AvgIpc) is 3.70. The number of carbonyl (C=O) groups excluding carboxylic acids is 2. The predicted molar refractivity (Wildman–Crippen MR) is 141 cm³/mol. The van der Waals surface area contributed by atoms with Crippen molar-refractivity contribution in [3.05, 3.63) is 75.5 Å². The smallest absolute Gasteiger partial charge is 0.258 e.